The Morgan fingerprint density at radius 1 is 1.31 bits per heavy atom. The normalized spacial score (nSPS) is 23.3. The van der Waals surface area contributed by atoms with Gasteiger partial charge in [0.2, 0.25) is 0 Å². The highest BCUT2D eigenvalue weighted by atomic mass is 35.5. The molecule has 1 N–H and O–H groups in total. The van der Waals surface area contributed by atoms with Crippen LogP contribution in [-0.2, 0) is 4.79 Å². The minimum atomic E-state index is -0.217. The Balaban J connectivity index is 2.13. The zero-order chi connectivity index (χ0) is 19.7. The number of carbonyl (C=O) groups is 1. The lowest BCUT2D eigenvalue weighted by Crippen LogP contribution is -2.74. The summed E-state index contributed by atoms with van der Waals surface area (Å²) in [7, 11) is 0. The molecule has 1 amide bonds. The van der Waals surface area contributed by atoms with Crippen LogP contribution in [0.1, 0.15) is 46.6 Å². The highest BCUT2D eigenvalue weighted by Gasteiger charge is 2.64. The van der Waals surface area contributed by atoms with E-state index in [1.165, 1.54) is 0 Å². The topological polar surface area (TPSA) is 38.3 Å². The van der Waals surface area contributed by atoms with Gasteiger partial charge >= 0.3 is 0 Å². The van der Waals surface area contributed by atoms with Crippen molar-refractivity contribution in [3.05, 3.63) is 53.1 Å². The highest BCUT2D eigenvalue weighted by molar-refractivity contribution is 6.31. The standard InChI is InChI=1S/C22H30ClNO2/c1-8-9-10-15(3)18(25)24-19-21(4,5)20(22(19,6)7)26-16-12-11-14(2)17(23)13-16/h9-13,19-20H,3,8H2,1-2,4-7H3,(H,24,25)/b10-9-. The number of allylic oxidation sites excluding steroid dienone is 1. The number of hydrogen-bond donors (Lipinski definition) is 1. The molecule has 1 saturated carbocycles. The quantitative estimate of drug-likeness (QED) is 0.529. The third-order valence-corrected chi connectivity index (χ3v) is 5.77. The van der Waals surface area contributed by atoms with Crippen LogP contribution >= 0.6 is 11.6 Å². The number of halogens is 1. The van der Waals surface area contributed by atoms with Gasteiger partial charge in [-0.15, -0.1) is 0 Å². The second-order valence-corrected chi connectivity index (χ2v) is 8.70. The summed E-state index contributed by atoms with van der Waals surface area (Å²) < 4.78 is 6.28. The summed E-state index contributed by atoms with van der Waals surface area (Å²) in [5.74, 6) is 0.629. The van der Waals surface area contributed by atoms with Crippen LogP contribution in [0.3, 0.4) is 0 Å². The van der Waals surface area contributed by atoms with Crippen LogP contribution in [0.4, 0.5) is 0 Å². The number of benzene rings is 1. The minimum Gasteiger partial charge on any atom is -0.489 e. The van der Waals surface area contributed by atoms with E-state index in [9.17, 15) is 4.79 Å². The smallest absolute Gasteiger partial charge is 0.250 e. The summed E-state index contributed by atoms with van der Waals surface area (Å²) in [6.45, 7) is 16.3. The van der Waals surface area contributed by atoms with Gasteiger partial charge in [-0.05, 0) is 31.0 Å². The van der Waals surface area contributed by atoms with Crippen molar-refractivity contribution in [2.45, 2.75) is 60.1 Å². The number of ether oxygens (including phenoxy) is 1. The van der Waals surface area contributed by atoms with Gasteiger partial charge in [-0.1, -0.05) is 71.0 Å². The Kier molecular flexibility index (Phi) is 5.92. The molecule has 4 heteroatoms. The fraction of sp³-hybridized carbons (Fsp3) is 0.500. The van der Waals surface area contributed by atoms with Crippen LogP contribution in [0, 0.1) is 17.8 Å². The fourth-order valence-corrected chi connectivity index (χ4v) is 4.31. The molecule has 0 unspecified atom stereocenters. The van der Waals surface area contributed by atoms with E-state index in [-0.39, 0.29) is 28.9 Å². The molecule has 0 bridgehead atoms. The van der Waals surface area contributed by atoms with Crippen molar-refractivity contribution < 1.29 is 9.53 Å². The maximum atomic E-state index is 12.5. The molecular formula is C22H30ClNO2. The third kappa shape index (κ3) is 3.83. The molecule has 3 nitrogen and oxygen atoms in total. The second kappa shape index (κ2) is 7.48. The summed E-state index contributed by atoms with van der Waals surface area (Å²) in [6.07, 6.45) is 4.54. The van der Waals surface area contributed by atoms with Crippen LogP contribution in [0.15, 0.2) is 42.5 Å². The van der Waals surface area contributed by atoms with E-state index in [4.69, 9.17) is 16.3 Å². The van der Waals surface area contributed by atoms with Crippen molar-refractivity contribution in [3.8, 4) is 5.75 Å². The van der Waals surface area contributed by atoms with Crippen molar-refractivity contribution in [1.29, 1.82) is 0 Å². The van der Waals surface area contributed by atoms with Crippen molar-refractivity contribution in [1.82, 2.24) is 5.32 Å². The van der Waals surface area contributed by atoms with E-state index in [1.807, 2.05) is 38.1 Å². The summed E-state index contributed by atoms with van der Waals surface area (Å²) >= 11 is 6.22. The summed E-state index contributed by atoms with van der Waals surface area (Å²) in [5.41, 5.74) is 1.07. The van der Waals surface area contributed by atoms with E-state index < -0.39 is 0 Å². The minimum absolute atomic E-state index is 0.0137. The molecule has 0 aliphatic heterocycles. The number of nitrogens with one attached hydrogen (secondary N) is 1. The molecule has 26 heavy (non-hydrogen) atoms. The third-order valence-electron chi connectivity index (χ3n) is 5.36. The van der Waals surface area contributed by atoms with Gasteiger partial charge in [-0.2, -0.15) is 0 Å². The van der Waals surface area contributed by atoms with Crippen molar-refractivity contribution in [2.24, 2.45) is 10.8 Å². The van der Waals surface area contributed by atoms with E-state index in [0.29, 0.717) is 10.6 Å². The van der Waals surface area contributed by atoms with Gasteiger partial charge in [0.1, 0.15) is 11.9 Å². The summed E-state index contributed by atoms with van der Waals surface area (Å²) in [4.78, 5) is 12.5. The van der Waals surface area contributed by atoms with Crippen LogP contribution in [-0.4, -0.2) is 18.1 Å². The SMILES string of the molecule is C=C(/C=C\CC)C(=O)NC1C(C)(C)C(Oc2ccc(C)c(Cl)c2)C1(C)C. The van der Waals surface area contributed by atoms with Gasteiger partial charge in [0.05, 0.1) is 0 Å². The lowest BCUT2D eigenvalue weighted by atomic mass is 9.49. The Bertz CT molecular complexity index is 718. The number of amides is 1. The Morgan fingerprint density at radius 2 is 1.92 bits per heavy atom. The second-order valence-electron chi connectivity index (χ2n) is 8.29. The van der Waals surface area contributed by atoms with Crippen molar-refractivity contribution in [3.63, 3.8) is 0 Å². The van der Waals surface area contributed by atoms with Crippen LogP contribution in [0.2, 0.25) is 5.02 Å². The predicted molar refractivity (Wildman–Crippen MR) is 109 cm³/mol. The first kappa shape index (κ1) is 20.6. The zero-order valence-corrected chi connectivity index (χ0v) is 17.4. The molecule has 0 heterocycles. The Labute approximate surface area is 162 Å². The molecule has 2 rings (SSSR count). The summed E-state index contributed by atoms with van der Waals surface area (Å²) in [6, 6.07) is 5.74. The maximum absolute atomic E-state index is 12.5. The van der Waals surface area contributed by atoms with Gasteiger partial charge in [-0.25, -0.2) is 0 Å². The largest absolute Gasteiger partial charge is 0.489 e. The first-order valence-electron chi connectivity index (χ1n) is 9.11. The van der Waals surface area contributed by atoms with E-state index >= 15 is 0 Å². The number of carbonyl (C=O) groups excluding carboxylic acids is 1. The van der Waals surface area contributed by atoms with E-state index in [0.717, 1.165) is 17.7 Å². The van der Waals surface area contributed by atoms with E-state index in [1.54, 1.807) is 6.08 Å². The molecule has 0 radical (unpaired) electrons. The average molecular weight is 376 g/mol. The molecule has 1 aliphatic rings. The van der Waals surface area contributed by atoms with Crippen LogP contribution in [0.25, 0.3) is 0 Å². The van der Waals surface area contributed by atoms with Crippen molar-refractivity contribution in [2.75, 3.05) is 0 Å². The molecule has 0 spiro atoms. The van der Waals surface area contributed by atoms with Crippen LogP contribution in [0.5, 0.6) is 5.75 Å². The van der Waals surface area contributed by atoms with Crippen molar-refractivity contribution >= 4 is 17.5 Å². The van der Waals surface area contributed by atoms with Gasteiger partial charge in [-0.3, -0.25) is 4.79 Å². The summed E-state index contributed by atoms with van der Waals surface area (Å²) in [5, 5.41) is 3.84. The molecular weight excluding hydrogens is 346 g/mol. The molecule has 1 fully saturated rings. The average Bonchev–Trinajstić information content (AvgIpc) is 2.57. The van der Waals surface area contributed by atoms with Gasteiger partial charge in [0.25, 0.3) is 5.91 Å². The number of rotatable bonds is 6. The van der Waals surface area contributed by atoms with Gasteiger partial charge in [0, 0.05) is 27.5 Å². The first-order valence-corrected chi connectivity index (χ1v) is 9.48. The molecule has 142 valence electrons. The molecule has 1 aromatic carbocycles. The zero-order valence-electron chi connectivity index (χ0n) is 16.7. The molecule has 1 aromatic rings. The van der Waals surface area contributed by atoms with E-state index in [2.05, 4.69) is 39.6 Å². The fourth-order valence-electron chi connectivity index (χ4n) is 4.14. The van der Waals surface area contributed by atoms with Gasteiger partial charge in [0.15, 0.2) is 0 Å². The van der Waals surface area contributed by atoms with Gasteiger partial charge < -0.3 is 10.1 Å². The molecule has 0 aromatic heterocycles. The predicted octanol–water partition coefficient (Wildman–Crippen LogP) is 5.47. The van der Waals surface area contributed by atoms with Crippen LogP contribution < -0.4 is 10.1 Å². The highest BCUT2D eigenvalue weighted by Crippen LogP contribution is 2.55. The molecule has 0 saturated heterocycles. The molecule has 1 aliphatic carbocycles. The Hall–Kier alpha value is -1.74. The lowest BCUT2D eigenvalue weighted by Gasteiger charge is -2.63. The lowest BCUT2D eigenvalue weighted by molar-refractivity contribution is -0.172. The monoisotopic (exact) mass is 375 g/mol. The Morgan fingerprint density at radius 3 is 2.46 bits per heavy atom. The number of hydrogen-bond acceptors (Lipinski definition) is 2. The molecule has 0 atom stereocenters. The number of aryl methyl sites for hydroxylation is 1. The first-order chi connectivity index (χ1) is 12.0. The maximum Gasteiger partial charge on any atom is 0.250 e.